The van der Waals surface area contributed by atoms with Gasteiger partial charge in [0.1, 0.15) is 5.82 Å². The molecule has 0 atom stereocenters. The first-order valence-electron chi connectivity index (χ1n) is 8.18. The lowest BCUT2D eigenvalue weighted by Crippen LogP contribution is -2.22. The summed E-state index contributed by atoms with van der Waals surface area (Å²) in [7, 11) is 0. The van der Waals surface area contributed by atoms with Gasteiger partial charge in [-0.05, 0) is 38.1 Å². The van der Waals surface area contributed by atoms with Gasteiger partial charge in [-0.25, -0.2) is 9.48 Å². The summed E-state index contributed by atoms with van der Waals surface area (Å²) < 4.78 is 6.72. The maximum absolute atomic E-state index is 12.2. The minimum absolute atomic E-state index is 0.369. The first kappa shape index (κ1) is 17.4. The number of carbonyl (C=O) groups is 2. The zero-order valence-electron chi connectivity index (χ0n) is 14.6. The van der Waals surface area contributed by atoms with Crippen molar-refractivity contribution in [2.75, 3.05) is 11.9 Å². The first-order chi connectivity index (χ1) is 12.5. The summed E-state index contributed by atoms with van der Waals surface area (Å²) in [5, 5.41) is 7.11. The number of ether oxygens (including phenoxy) is 1. The Balaban J connectivity index is 1.65. The normalized spacial score (nSPS) is 10.4. The fourth-order valence-electron chi connectivity index (χ4n) is 2.52. The number of carbonyl (C=O) groups excluding carboxylic acids is 2. The van der Waals surface area contributed by atoms with E-state index in [9.17, 15) is 9.59 Å². The Morgan fingerprint density at radius 1 is 1.04 bits per heavy atom. The van der Waals surface area contributed by atoms with E-state index in [-0.39, 0.29) is 6.61 Å². The van der Waals surface area contributed by atoms with E-state index in [4.69, 9.17) is 4.74 Å². The molecule has 0 fully saturated rings. The van der Waals surface area contributed by atoms with Crippen LogP contribution < -0.4 is 5.32 Å². The van der Waals surface area contributed by atoms with Crippen LogP contribution in [0.5, 0.6) is 0 Å². The van der Waals surface area contributed by atoms with Crippen molar-refractivity contribution in [2.24, 2.45) is 0 Å². The van der Waals surface area contributed by atoms with Crippen molar-refractivity contribution in [1.29, 1.82) is 0 Å². The van der Waals surface area contributed by atoms with Gasteiger partial charge in [0.2, 0.25) is 0 Å². The van der Waals surface area contributed by atoms with Crippen molar-refractivity contribution in [2.45, 2.75) is 13.8 Å². The fraction of sp³-hybridized carbons (Fsp3) is 0.150. The second-order valence-electron chi connectivity index (χ2n) is 5.91. The molecule has 0 bridgehead atoms. The lowest BCUT2D eigenvalue weighted by atomic mass is 10.1. The van der Waals surface area contributed by atoms with E-state index in [1.807, 2.05) is 50.2 Å². The van der Waals surface area contributed by atoms with Gasteiger partial charge in [-0.15, -0.1) is 0 Å². The van der Waals surface area contributed by atoms with E-state index >= 15 is 0 Å². The van der Waals surface area contributed by atoms with Gasteiger partial charge in [0, 0.05) is 6.07 Å². The number of rotatable bonds is 5. The summed E-state index contributed by atoms with van der Waals surface area (Å²) in [5.41, 5.74) is 2.96. The van der Waals surface area contributed by atoms with Crippen molar-refractivity contribution in [3.05, 3.63) is 77.5 Å². The van der Waals surface area contributed by atoms with Gasteiger partial charge in [0.05, 0.1) is 16.9 Å². The van der Waals surface area contributed by atoms with E-state index in [1.54, 1.807) is 28.9 Å². The molecule has 2 aromatic carbocycles. The van der Waals surface area contributed by atoms with Crippen molar-refractivity contribution >= 4 is 17.7 Å². The van der Waals surface area contributed by atoms with Gasteiger partial charge < -0.3 is 10.1 Å². The Morgan fingerprint density at radius 2 is 1.81 bits per heavy atom. The molecule has 0 aliphatic rings. The van der Waals surface area contributed by atoms with Crippen LogP contribution in [0.4, 0.5) is 5.82 Å². The number of nitrogens with one attached hydrogen (secondary N) is 1. The number of benzene rings is 2. The van der Waals surface area contributed by atoms with Gasteiger partial charge in [0.15, 0.2) is 6.61 Å². The highest BCUT2D eigenvalue weighted by Gasteiger charge is 2.13. The molecule has 3 aromatic rings. The predicted octanol–water partition coefficient (Wildman–Crippen LogP) is 3.28. The molecule has 0 spiro atoms. The van der Waals surface area contributed by atoms with Crippen LogP contribution in [0.2, 0.25) is 0 Å². The van der Waals surface area contributed by atoms with Crippen LogP contribution in [0, 0.1) is 13.8 Å². The summed E-state index contributed by atoms with van der Waals surface area (Å²) in [5.74, 6) is -0.440. The maximum atomic E-state index is 12.2. The highest BCUT2D eigenvalue weighted by Crippen LogP contribution is 2.16. The van der Waals surface area contributed by atoms with Crippen LogP contribution in [-0.2, 0) is 9.53 Å². The Hall–Kier alpha value is -3.41. The third kappa shape index (κ3) is 4.16. The molecule has 0 aliphatic heterocycles. The summed E-state index contributed by atoms with van der Waals surface area (Å²) in [4.78, 5) is 24.2. The molecule has 6 heteroatoms. The monoisotopic (exact) mass is 349 g/mol. The van der Waals surface area contributed by atoms with Gasteiger partial charge in [-0.1, -0.05) is 35.9 Å². The minimum atomic E-state index is -0.531. The number of aromatic nitrogens is 2. The summed E-state index contributed by atoms with van der Waals surface area (Å²) in [6.07, 6.45) is 0. The van der Waals surface area contributed by atoms with Crippen LogP contribution in [0.1, 0.15) is 21.6 Å². The molecule has 1 N–H and O–H groups in total. The minimum Gasteiger partial charge on any atom is -0.452 e. The van der Waals surface area contributed by atoms with Crippen LogP contribution in [0.3, 0.4) is 0 Å². The SMILES string of the molecule is Cc1cccc(C(=O)OCC(=O)Nc2cc(C)nn2-c2ccccc2)c1. The number of esters is 1. The zero-order chi connectivity index (χ0) is 18.5. The molecular weight excluding hydrogens is 330 g/mol. The Morgan fingerprint density at radius 3 is 2.54 bits per heavy atom. The number of amides is 1. The van der Waals surface area contributed by atoms with E-state index < -0.39 is 11.9 Å². The fourth-order valence-corrected chi connectivity index (χ4v) is 2.52. The highest BCUT2D eigenvalue weighted by molar-refractivity contribution is 5.95. The van der Waals surface area contributed by atoms with E-state index in [0.717, 1.165) is 16.9 Å². The van der Waals surface area contributed by atoms with E-state index in [2.05, 4.69) is 10.4 Å². The standard InChI is InChI=1S/C20H19N3O3/c1-14-7-6-8-16(11-14)20(25)26-13-19(24)21-18-12-15(2)22-23(18)17-9-4-3-5-10-17/h3-12H,13H2,1-2H3,(H,21,24). The van der Waals surface area contributed by atoms with E-state index in [0.29, 0.717) is 11.4 Å². The topological polar surface area (TPSA) is 73.2 Å². The van der Waals surface area contributed by atoms with Gasteiger partial charge >= 0.3 is 5.97 Å². The molecule has 26 heavy (non-hydrogen) atoms. The highest BCUT2D eigenvalue weighted by atomic mass is 16.5. The van der Waals surface area contributed by atoms with Crippen LogP contribution in [-0.4, -0.2) is 28.3 Å². The van der Waals surface area contributed by atoms with Gasteiger partial charge in [-0.2, -0.15) is 5.10 Å². The zero-order valence-corrected chi connectivity index (χ0v) is 14.6. The summed E-state index contributed by atoms with van der Waals surface area (Å²) in [6.45, 7) is 3.36. The van der Waals surface area contributed by atoms with Crippen LogP contribution >= 0.6 is 0 Å². The molecule has 0 saturated heterocycles. The molecular formula is C20H19N3O3. The first-order valence-corrected chi connectivity index (χ1v) is 8.18. The number of hydrogen-bond acceptors (Lipinski definition) is 4. The summed E-state index contributed by atoms with van der Waals surface area (Å²) >= 11 is 0. The molecule has 1 aromatic heterocycles. The number of para-hydroxylation sites is 1. The molecule has 0 radical (unpaired) electrons. The number of nitrogens with zero attached hydrogens (tertiary/aromatic N) is 2. The molecule has 3 rings (SSSR count). The van der Waals surface area contributed by atoms with Crippen molar-refractivity contribution in [1.82, 2.24) is 9.78 Å². The van der Waals surface area contributed by atoms with Gasteiger partial charge in [-0.3, -0.25) is 4.79 Å². The lowest BCUT2D eigenvalue weighted by Gasteiger charge is -2.09. The Labute approximate surface area is 151 Å². The quantitative estimate of drug-likeness (QED) is 0.718. The molecule has 0 aliphatic carbocycles. The number of aryl methyl sites for hydroxylation is 2. The van der Waals surface area contributed by atoms with E-state index in [1.165, 1.54) is 0 Å². The third-order valence-electron chi connectivity index (χ3n) is 3.69. The number of anilines is 1. The average molecular weight is 349 g/mol. The van der Waals surface area contributed by atoms with Crippen molar-refractivity contribution in [3.8, 4) is 5.69 Å². The number of hydrogen-bond donors (Lipinski definition) is 1. The maximum Gasteiger partial charge on any atom is 0.338 e. The molecule has 132 valence electrons. The Kier molecular flexibility index (Phi) is 5.12. The Bertz CT molecular complexity index is 932. The molecule has 1 amide bonds. The van der Waals surface area contributed by atoms with Crippen LogP contribution in [0.15, 0.2) is 60.7 Å². The lowest BCUT2D eigenvalue weighted by molar-refractivity contribution is -0.119. The molecule has 6 nitrogen and oxygen atoms in total. The van der Waals surface area contributed by atoms with Crippen molar-refractivity contribution in [3.63, 3.8) is 0 Å². The van der Waals surface area contributed by atoms with Crippen molar-refractivity contribution < 1.29 is 14.3 Å². The van der Waals surface area contributed by atoms with Crippen LogP contribution in [0.25, 0.3) is 5.69 Å². The van der Waals surface area contributed by atoms with Gasteiger partial charge in [0.25, 0.3) is 5.91 Å². The summed E-state index contributed by atoms with van der Waals surface area (Å²) in [6, 6.07) is 18.2. The third-order valence-corrected chi connectivity index (χ3v) is 3.69. The molecule has 0 unspecified atom stereocenters. The molecule has 0 saturated carbocycles. The second-order valence-corrected chi connectivity index (χ2v) is 5.91. The second kappa shape index (κ2) is 7.65. The predicted molar refractivity (Wildman–Crippen MR) is 98.4 cm³/mol. The smallest absolute Gasteiger partial charge is 0.338 e. The molecule has 1 heterocycles. The largest absolute Gasteiger partial charge is 0.452 e. The average Bonchev–Trinajstić information content (AvgIpc) is 3.00.